The lowest BCUT2D eigenvalue weighted by atomic mass is 10.0. The summed E-state index contributed by atoms with van der Waals surface area (Å²) >= 11 is 3.24. The standard InChI is InChI=1S/C12H17BrN2O3S/c1-15(9-10-2-4-18-5-3-10)19(16,17)12-6-11(13)7-14-8-12/h6-8,10H,2-5,9H2,1H3. The molecular weight excluding hydrogens is 332 g/mol. The Kier molecular flexibility index (Phi) is 4.94. The van der Waals surface area contributed by atoms with Crippen molar-refractivity contribution in [1.29, 1.82) is 0 Å². The Bertz CT molecular complexity index is 530. The summed E-state index contributed by atoms with van der Waals surface area (Å²) in [4.78, 5) is 4.13. The molecule has 0 bridgehead atoms. The molecule has 0 N–H and O–H groups in total. The molecule has 1 aromatic heterocycles. The van der Waals surface area contributed by atoms with Gasteiger partial charge in [0, 0.05) is 43.7 Å². The molecule has 2 heterocycles. The first-order chi connectivity index (χ1) is 9.00. The molecule has 0 spiro atoms. The summed E-state index contributed by atoms with van der Waals surface area (Å²) in [6, 6.07) is 1.57. The van der Waals surface area contributed by atoms with Gasteiger partial charge in [0.25, 0.3) is 0 Å². The van der Waals surface area contributed by atoms with E-state index in [0.717, 1.165) is 26.1 Å². The van der Waals surface area contributed by atoms with Crippen molar-refractivity contribution >= 4 is 26.0 Å². The fraction of sp³-hybridized carbons (Fsp3) is 0.583. The average Bonchev–Trinajstić information content (AvgIpc) is 2.40. The molecule has 0 aliphatic carbocycles. The van der Waals surface area contributed by atoms with E-state index in [-0.39, 0.29) is 4.90 Å². The maximum atomic E-state index is 12.4. The number of hydrogen-bond acceptors (Lipinski definition) is 4. The van der Waals surface area contributed by atoms with Crippen molar-refractivity contribution in [3.05, 3.63) is 22.9 Å². The Morgan fingerprint density at radius 1 is 1.42 bits per heavy atom. The van der Waals surface area contributed by atoms with Gasteiger partial charge in [0.1, 0.15) is 4.90 Å². The smallest absolute Gasteiger partial charge is 0.244 e. The van der Waals surface area contributed by atoms with Crippen LogP contribution in [0, 0.1) is 5.92 Å². The van der Waals surface area contributed by atoms with Crippen LogP contribution in [-0.2, 0) is 14.8 Å². The van der Waals surface area contributed by atoms with E-state index in [1.165, 1.54) is 10.5 Å². The Hall–Kier alpha value is -0.500. The lowest BCUT2D eigenvalue weighted by Crippen LogP contribution is -2.34. The first-order valence-corrected chi connectivity index (χ1v) is 8.38. The van der Waals surface area contributed by atoms with Crippen LogP contribution in [0.3, 0.4) is 0 Å². The molecule has 0 unspecified atom stereocenters. The summed E-state index contributed by atoms with van der Waals surface area (Å²) in [5.74, 6) is 0.369. The largest absolute Gasteiger partial charge is 0.381 e. The summed E-state index contributed by atoms with van der Waals surface area (Å²) in [6.45, 7) is 1.96. The van der Waals surface area contributed by atoms with Crippen LogP contribution in [-0.4, -0.2) is 44.5 Å². The summed E-state index contributed by atoms with van der Waals surface area (Å²) in [7, 11) is -1.84. The highest BCUT2D eigenvalue weighted by Gasteiger charge is 2.25. The molecule has 1 saturated heterocycles. The topological polar surface area (TPSA) is 59.5 Å². The molecule has 0 saturated carbocycles. The van der Waals surface area contributed by atoms with E-state index in [1.807, 2.05) is 0 Å². The third kappa shape index (κ3) is 3.75. The van der Waals surface area contributed by atoms with E-state index < -0.39 is 10.0 Å². The lowest BCUT2D eigenvalue weighted by Gasteiger charge is -2.26. The number of sulfonamides is 1. The number of rotatable bonds is 4. The molecule has 7 heteroatoms. The van der Waals surface area contributed by atoms with Gasteiger partial charge in [-0.2, -0.15) is 0 Å². The highest BCUT2D eigenvalue weighted by Crippen LogP contribution is 2.21. The van der Waals surface area contributed by atoms with E-state index in [9.17, 15) is 8.42 Å². The Morgan fingerprint density at radius 3 is 2.74 bits per heavy atom. The van der Waals surface area contributed by atoms with Crippen LogP contribution in [0.1, 0.15) is 12.8 Å². The molecule has 1 fully saturated rings. The van der Waals surface area contributed by atoms with E-state index in [0.29, 0.717) is 16.9 Å². The zero-order valence-electron chi connectivity index (χ0n) is 10.8. The van der Waals surface area contributed by atoms with Crippen LogP contribution in [0.4, 0.5) is 0 Å². The SMILES string of the molecule is CN(CC1CCOCC1)S(=O)(=O)c1cncc(Br)c1. The molecule has 1 aromatic rings. The molecule has 106 valence electrons. The number of halogens is 1. The van der Waals surface area contributed by atoms with Crippen molar-refractivity contribution < 1.29 is 13.2 Å². The maximum Gasteiger partial charge on any atom is 0.244 e. The minimum absolute atomic E-state index is 0.219. The van der Waals surface area contributed by atoms with Crippen molar-refractivity contribution in [2.75, 3.05) is 26.8 Å². The summed E-state index contributed by atoms with van der Waals surface area (Å²) in [6.07, 6.45) is 4.77. The van der Waals surface area contributed by atoms with E-state index in [4.69, 9.17) is 4.74 Å². The van der Waals surface area contributed by atoms with Gasteiger partial charge in [0.15, 0.2) is 0 Å². The van der Waals surface area contributed by atoms with Crippen molar-refractivity contribution in [1.82, 2.24) is 9.29 Å². The number of pyridine rings is 1. The summed E-state index contributed by atoms with van der Waals surface area (Å²) in [5.41, 5.74) is 0. The van der Waals surface area contributed by atoms with Gasteiger partial charge in [-0.15, -0.1) is 0 Å². The second kappa shape index (κ2) is 6.30. The quantitative estimate of drug-likeness (QED) is 0.833. The molecule has 0 radical (unpaired) electrons. The highest BCUT2D eigenvalue weighted by atomic mass is 79.9. The molecule has 0 aromatic carbocycles. The Morgan fingerprint density at radius 2 is 2.11 bits per heavy atom. The van der Waals surface area contributed by atoms with Crippen molar-refractivity contribution in [3.63, 3.8) is 0 Å². The van der Waals surface area contributed by atoms with Crippen molar-refractivity contribution in [2.45, 2.75) is 17.7 Å². The zero-order chi connectivity index (χ0) is 13.9. The molecule has 1 aliphatic heterocycles. The molecular formula is C12H17BrN2O3S. The number of aromatic nitrogens is 1. The predicted octanol–water partition coefficient (Wildman–Crippen LogP) is 1.89. The molecule has 1 aliphatic rings. The van der Waals surface area contributed by atoms with Gasteiger partial charge in [-0.3, -0.25) is 4.98 Å². The molecule has 0 atom stereocenters. The van der Waals surface area contributed by atoms with Crippen molar-refractivity contribution in [2.24, 2.45) is 5.92 Å². The number of hydrogen-bond donors (Lipinski definition) is 0. The highest BCUT2D eigenvalue weighted by molar-refractivity contribution is 9.10. The van der Waals surface area contributed by atoms with Gasteiger partial charge in [-0.1, -0.05) is 0 Å². The first-order valence-electron chi connectivity index (χ1n) is 6.15. The second-order valence-electron chi connectivity index (χ2n) is 4.68. The van der Waals surface area contributed by atoms with Gasteiger partial charge in [-0.25, -0.2) is 12.7 Å². The van der Waals surface area contributed by atoms with Gasteiger partial charge in [0.2, 0.25) is 10.0 Å². The molecule has 5 nitrogen and oxygen atoms in total. The summed E-state index contributed by atoms with van der Waals surface area (Å²) in [5, 5.41) is 0. The average molecular weight is 349 g/mol. The number of ether oxygens (including phenoxy) is 1. The fourth-order valence-electron chi connectivity index (χ4n) is 2.10. The van der Waals surface area contributed by atoms with Crippen molar-refractivity contribution in [3.8, 4) is 0 Å². The predicted molar refractivity (Wildman–Crippen MR) is 75.3 cm³/mol. The number of nitrogens with zero attached hydrogens (tertiary/aromatic N) is 2. The zero-order valence-corrected chi connectivity index (χ0v) is 13.2. The van der Waals surface area contributed by atoms with Crippen LogP contribution in [0.2, 0.25) is 0 Å². The molecule has 0 amide bonds. The van der Waals surface area contributed by atoms with Crippen LogP contribution in [0.25, 0.3) is 0 Å². The third-order valence-corrected chi connectivity index (χ3v) is 5.47. The van der Waals surface area contributed by atoms with Crippen LogP contribution < -0.4 is 0 Å². The van der Waals surface area contributed by atoms with E-state index in [2.05, 4.69) is 20.9 Å². The van der Waals surface area contributed by atoms with Gasteiger partial charge in [0.05, 0.1) is 0 Å². The fourth-order valence-corrected chi connectivity index (χ4v) is 3.86. The summed E-state index contributed by atoms with van der Waals surface area (Å²) < 4.78 is 32.1. The minimum Gasteiger partial charge on any atom is -0.381 e. The van der Waals surface area contributed by atoms with Crippen LogP contribution >= 0.6 is 15.9 Å². The van der Waals surface area contributed by atoms with E-state index in [1.54, 1.807) is 19.3 Å². The van der Waals surface area contributed by atoms with Gasteiger partial charge in [-0.05, 0) is 40.8 Å². The monoisotopic (exact) mass is 348 g/mol. The van der Waals surface area contributed by atoms with E-state index >= 15 is 0 Å². The molecule has 2 rings (SSSR count). The lowest BCUT2D eigenvalue weighted by molar-refractivity contribution is 0.0620. The molecule has 19 heavy (non-hydrogen) atoms. The Balaban J connectivity index is 2.10. The normalized spacial score (nSPS) is 17.8. The third-order valence-electron chi connectivity index (χ3n) is 3.24. The van der Waals surface area contributed by atoms with Crippen LogP contribution in [0.5, 0.6) is 0 Å². The van der Waals surface area contributed by atoms with Crippen LogP contribution in [0.15, 0.2) is 27.8 Å². The maximum absolute atomic E-state index is 12.4. The van der Waals surface area contributed by atoms with Gasteiger partial charge < -0.3 is 4.74 Å². The Labute approximate surface area is 122 Å². The second-order valence-corrected chi connectivity index (χ2v) is 7.64. The minimum atomic E-state index is -3.46. The van der Waals surface area contributed by atoms with Gasteiger partial charge >= 0.3 is 0 Å². The first kappa shape index (κ1) is 14.9.